The number of nitrogens with zero attached hydrogens (tertiary/aromatic N) is 5. The molecule has 2 aliphatic heterocycles. The van der Waals surface area contributed by atoms with Crippen LogP contribution in [0.2, 0.25) is 0 Å². The van der Waals surface area contributed by atoms with Crippen LogP contribution >= 0.6 is 0 Å². The summed E-state index contributed by atoms with van der Waals surface area (Å²) in [6, 6.07) is 32.4. The zero-order valence-electron chi connectivity index (χ0n) is 21.7. The number of benzene rings is 2. The molecule has 0 fully saturated rings. The molecular formula is C35H21N5Ni. The summed E-state index contributed by atoms with van der Waals surface area (Å²) in [6.07, 6.45) is 11.3. The largest absolute Gasteiger partial charge is 2.00 e. The Labute approximate surface area is 247 Å². The van der Waals surface area contributed by atoms with E-state index in [-0.39, 0.29) is 16.5 Å². The molecule has 0 amide bonds. The number of hydrogen-bond donors (Lipinski definition) is 0. The fraction of sp³-hybridized carbons (Fsp3) is 0. The van der Waals surface area contributed by atoms with Crippen molar-refractivity contribution in [2.24, 2.45) is 0 Å². The minimum Gasteiger partial charge on any atom is -0.657 e. The third-order valence-electron chi connectivity index (χ3n) is 6.92. The number of nitriles is 1. The van der Waals surface area contributed by atoms with E-state index in [1.807, 2.05) is 91.0 Å². The molecule has 0 spiro atoms. The summed E-state index contributed by atoms with van der Waals surface area (Å²) in [5.41, 5.74) is 11.1. The van der Waals surface area contributed by atoms with Gasteiger partial charge < -0.3 is 9.97 Å². The maximum Gasteiger partial charge on any atom is 2.00 e. The molecule has 0 radical (unpaired) electrons. The monoisotopic (exact) mass is 569 g/mol. The number of rotatable bonds is 3. The summed E-state index contributed by atoms with van der Waals surface area (Å²) < 4.78 is 0. The van der Waals surface area contributed by atoms with Crippen molar-refractivity contribution in [3.05, 3.63) is 125 Å². The van der Waals surface area contributed by atoms with Crippen molar-refractivity contribution >= 4 is 52.4 Å². The first-order valence-electron chi connectivity index (χ1n) is 13.0. The van der Waals surface area contributed by atoms with Crippen molar-refractivity contribution in [2.75, 3.05) is 0 Å². The SMILES string of the molecule is N#C/C=C/c1c2nc(c(-c3ccccc3)c3ccc(cc4nc(c(-c5ccccc5)c5ccc1[n-]5)C=C4)[n-]3)C=C2.[Ni+2]. The third-order valence-corrected chi connectivity index (χ3v) is 6.92. The van der Waals surface area contributed by atoms with E-state index in [0.717, 1.165) is 72.7 Å². The summed E-state index contributed by atoms with van der Waals surface area (Å²) >= 11 is 0. The summed E-state index contributed by atoms with van der Waals surface area (Å²) in [4.78, 5) is 20.0. The Morgan fingerprint density at radius 1 is 0.610 bits per heavy atom. The second-order valence-corrected chi connectivity index (χ2v) is 9.44. The minimum absolute atomic E-state index is 0. The van der Waals surface area contributed by atoms with Crippen molar-refractivity contribution < 1.29 is 16.5 Å². The van der Waals surface area contributed by atoms with Crippen LogP contribution in [0.4, 0.5) is 0 Å². The molecule has 41 heavy (non-hydrogen) atoms. The van der Waals surface area contributed by atoms with Gasteiger partial charge in [-0.3, -0.25) is 0 Å². The maximum atomic E-state index is 9.36. The molecular weight excluding hydrogens is 549 g/mol. The zero-order valence-corrected chi connectivity index (χ0v) is 22.7. The molecule has 0 saturated carbocycles. The molecule has 7 rings (SSSR count). The smallest absolute Gasteiger partial charge is 0.657 e. The quantitative estimate of drug-likeness (QED) is 0.160. The van der Waals surface area contributed by atoms with E-state index < -0.39 is 0 Å². The second-order valence-electron chi connectivity index (χ2n) is 9.44. The standard InChI is InChI=1S/C35H21N5.Ni/c36-21-7-12-27-28-17-19-32(39-28)34(23-8-3-1-4-9-23)30-15-13-25(37-30)22-26-14-16-31(38-26)35(24-10-5-2-6-11-24)33-20-18-29(27)40-33;/h1-20,22H;/q-2;+2/b12-7+,25-22?,26-22?,28-27?,29-27?,34-30?,34-32?,35-31?,35-33?;. The van der Waals surface area contributed by atoms with Crippen molar-refractivity contribution in [1.82, 2.24) is 19.9 Å². The van der Waals surface area contributed by atoms with Crippen LogP contribution in [-0.4, -0.2) is 9.97 Å². The molecule has 0 aliphatic carbocycles. The normalized spacial score (nSPS) is 11.9. The van der Waals surface area contributed by atoms with E-state index in [4.69, 9.17) is 19.9 Å². The summed E-state index contributed by atoms with van der Waals surface area (Å²) in [5.74, 6) is 0. The van der Waals surface area contributed by atoms with E-state index in [0.29, 0.717) is 0 Å². The fourth-order valence-electron chi connectivity index (χ4n) is 5.14. The number of allylic oxidation sites excluding steroid dienone is 1. The van der Waals surface area contributed by atoms with Gasteiger partial charge in [-0.1, -0.05) is 91.0 Å². The van der Waals surface area contributed by atoms with Crippen LogP contribution in [0.15, 0.2) is 97.1 Å². The van der Waals surface area contributed by atoms with Gasteiger partial charge in [0.05, 0.1) is 28.8 Å². The molecule has 0 unspecified atom stereocenters. The first-order chi connectivity index (χ1) is 19.8. The molecule has 5 nitrogen and oxygen atoms in total. The summed E-state index contributed by atoms with van der Waals surface area (Å²) in [6.45, 7) is 0. The van der Waals surface area contributed by atoms with Crippen LogP contribution in [0, 0.1) is 11.3 Å². The number of fused-ring (bicyclic) bond motifs is 8. The van der Waals surface area contributed by atoms with Crippen LogP contribution < -0.4 is 9.97 Å². The zero-order chi connectivity index (χ0) is 26.9. The molecule has 0 saturated heterocycles. The van der Waals surface area contributed by atoms with Crippen molar-refractivity contribution in [3.63, 3.8) is 0 Å². The predicted molar refractivity (Wildman–Crippen MR) is 162 cm³/mol. The van der Waals surface area contributed by atoms with Gasteiger partial charge in [-0.25, -0.2) is 9.97 Å². The van der Waals surface area contributed by atoms with Crippen LogP contribution in [0.5, 0.6) is 0 Å². The maximum absolute atomic E-state index is 9.36. The Kier molecular flexibility index (Phi) is 7.04. The van der Waals surface area contributed by atoms with Gasteiger partial charge in [-0.15, -0.1) is 22.1 Å². The molecule has 196 valence electrons. The molecule has 6 heteroatoms. The Hall–Kier alpha value is -5.24. The molecule has 8 bridgehead atoms. The summed E-state index contributed by atoms with van der Waals surface area (Å²) in [5, 5.41) is 9.36. The predicted octanol–water partition coefficient (Wildman–Crippen LogP) is 7.78. The minimum atomic E-state index is 0. The van der Waals surface area contributed by atoms with Gasteiger partial charge in [0, 0.05) is 6.08 Å². The Balaban J connectivity index is 0.00000302. The third kappa shape index (κ3) is 4.96. The van der Waals surface area contributed by atoms with Gasteiger partial charge in [-0.05, 0) is 58.2 Å². The van der Waals surface area contributed by atoms with E-state index in [2.05, 4.69) is 30.3 Å². The van der Waals surface area contributed by atoms with Crippen LogP contribution in [0.1, 0.15) is 28.3 Å². The average Bonchev–Trinajstić information content (AvgIpc) is 3.81. The molecule has 2 aromatic carbocycles. The average molecular weight is 570 g/mol. The van der Waals surface area contributed by atoms with Crippen molar-refractivity contribution in [2.45, 2.75) is 0 Å². The molecule has 5 aromatic rings. The van der Waals surface area contributed by atoms with Gasteiger partial charge >= 0.3 is 16.5 Å². The second kappa shape index (κ2) is 11.1. The summed E-state index contributed by atoms with van der Waals surface area (Å²) in [7, 11) is 0. The van der Waals surface area contributed by atoms with E-state index >= 15 is 0 Å². The van der Waals surface area contributed by atoms with E-state index in [1.165, 1.54) is 6.08 Å². The molecule has 0 atom stereocenters. The molecule has 0 N–H and O–H groups in total. The first-order valence-corrected chi connectivity index (χ1v) is 13.0. The van der Waals surface area contributed by atoms with Crippen molar-refractivity contribution in [3.8, 4) is 28.3 Å². The van der Waals surface area contributed by atoms with Gasteiger partial charge in [-0.2, -0.15) is 5.26 Å². The van der Waals surface area contributed by atoms with Crippen molar-refractivity contribution in [1.29, 1.82) is 5.26 Å². The van der Waals surface area contributed by atoms with E-state index in [1.54, 1.807) is 6.08 Å². The Morgan fingerprint density at radius 2 is 1.20 bits per heavy atom. The molecule has 3 aromatic heterocycles. The molecule has 2 aliphatic rings. The van der Waals surface area contributed by atoms with Crippen LogP contribution in [-0.2, 0) is 16.5 Å². The van der Waals surface area contributed by atoms with Crippen LogP contribution in [0.3, 0.4) is 0 Å². The van der Waals surface area contributed by atoms with Crippen LogP contribution in [0.25, 0.3) is 74.7 Å². The van der Waals surface area contributed by atoms with Gasteiger partial charge in [0.15, 0.2) is 0 Å². The number of hydrogen-bond acceptors (Lipinski definition) is 3. The Morgan fingerprint density at radius 3 is 1.90 bits per heavy atom. The van der Waals surface area contributed by atoms with Gasteiger partial charge in [0.2, 0.25) is 0 Å². The van der Waals surface area contributed by atoms with E-state index in [9.17, 15) is 5.26 Å². The first kappa shape index (κ1) is 26.0. The molecule has 5 heterocycles. The Bertz CT molecular complexity index is 2020. The number of aromatic nitrogens is 4. The fourth-order valence-corrected chi connectivity index (χ4v) is 5.14. The topological polar surface area (TPSA) is 77.8 Å². The van der Waals surface area contributed by atoms with Gasteiger partial charge in [0.25, 0.3) is 0 Å². The van der Waals surface area contributed by atoms with Gasteiger partial charge in [0.1, 0.15) is 0 Å².